The van der Waals surface area contributed by atoms with Crippen LogP contribution >= 0.6 is 0 Å². The molecule has 0 N–H and O–H groups in total. The van der Waals surface area contributed by atoms with Gasteiger partial charge in [0, 0.05) is 26.2 Å². The van der Waals surface area contributed by atoms with Crippen molar-refractivity contribution in [1.29, 1.82) is 0 Å². The zero-order valence-corrected chi connectivity index (χ0v) is 16.0. The molecular formula is C19H27FN2O3S. The summed E-state index contributed by atoms with van der Waals surface area (Å²) in [5.41, 5.74) is 0. The van der Waals surface area contributed by atoms with Crippen LogP contribution in [0.2, 0.25) is 0 Å². The van der Waals surface area contributed by atoms with Gasteiger partial charge in [-0.1, -0.05) is 13.3 Å². The summed E-state index contributed by atoms with van der Waals surface area (Å²) in [5.74, 6) is -0.113. The zero-order valence-electron chi connectivity index (χ0n) is 15.2. The standard InChI is InChI=1S/C19H27FN2O3S/c1-2-15-5-3-11-21(13-15)19(23)16-6-4-12-22(14-16)26(24,25)18-9-7-17(20)8-10-18/h7-10,15-16H,2-6,11-14H2,1H3. The van der Waals surface area contributed by atoms with E-state index in [1.165, 1.54) is 16.4 Å². The lowest BCUT2D eigenvalue weighted by Crippen LogP contribution is -2.49. The van der Waals surface area contributed by atoms with Crippen molar-refractivity contribution in [3.8, 4) is 0 Å². The van der Waals surface area contributed by atoms with Crippen molar-refractivity contribution in [2.75, 3.05) is 26.2 Å². The summed E-state index contributed by atoms with van der Waals surface area (Å²) in [6, 6.07) is 4.87. The Labute approximate surface area is 155 Å². The van der Waals surface area contributed by atoms with Crippen LogP contribution in [0.1, 0.15) is 39.0 Å². The van der Waals surface area contributed by atoms with Gasteiger partial charge in [0.15, 0.2) is 0 Å². The molecule has 3 rings (SSSR count). The van der Waals surface area contributed by atoms with Crippen molar-refractivity contribution in [3.05, 3.63) is 30.1 Å². The van der Waals surface area contributed by atoms with Gasteiger partial charge in [-0.3, -0.25) is 4.79 Å². The van der Waals surface area contributed by atoms with Gasteiger partial charge in [0.05, 0.1) is 10.8 Å². The minimum atomic E-state index is -3.70. The van der Waals surface area contributed by atoms with Crippen LogP contribution in [0.25, 0.3) is 0 Å². The normalized spacial score (nSPS) is 25.2. The van der Waals surface area contributed by atoms with E-state index in [2.05, 4.69) is 6.92 Å². The quantitative estimate of drug-likeness (QED) is 0.805. The number of carbonyl (C=O) groups excluding carboxylic acids is 1. The zero-order chi connectivity index (χ0) is 18.7. The first-order valence-corrected chi connectivity index (χ1v) is 10.9. The molecule has 1 aromatic carbocycles. The molecular weight excluding hydrogens is 355 g/mol. The minimum Gasteiger partial charge on any atom is -0.342 e. The molecule has 2 fully saturated rings. The van der Waals surface area contributed by atoms with E-state index in [1.54, 1.807) is 0 Å². The molecule has 7 heteroatoms. The van der Waals surface area contributed by atoms with Crippen LogP contribution in [0.4, 0.5) is 4.39 Å². The summed E-state index contributed by atoms with van der Waals surface area (Å²) < 4.78 is 40.1. The second kappa shape index (κ2) is 8.05. The Bertz CT molecular complexity index is 736. The molecule has 2 heterocycles. The Morgan fingerprint density at radius 2 is 1.81 bits per heavy atom. The maximum atomic E-state index is 13.1. The van der Waals surface area contributed by atoms with E-state index >= 15 is 0 Å². The molecule has 2 unspecified atom stereocenters. The Kier molecular flexibility index (Phi) is 5.97. The lowest BCUT2D eigenvalue weighted by Gasteiger charge is -2.37. The van der Waals surface area contributed by atoms with Gasteiger partial charge in [0.2, 0.25) is 15.9 Å². The molecule has 2 saturated heterocycles. The highest BCUT2D eigenvalue weighted by Gasteiger charge is 2.36. The molecule has 144 valence electrons. The van der Waals surface area contributed by atoms with Crippen LogP contribution < -0.4 is 0 Å². The third-order valence-electron chi connectivity index (χ3n) is 5.59. The molecule has 0 aliphatic carbocycles. The summed E-state index contributed by atoms with van der Waals surface area (Å²) in [7, 11) is -3.70. The molecule has 0 aromatic heterocycles. The minimum absolute atomic E-state index is 0.0796. The van der Waals surface area contributed by atoms with Crippen molar-refractivity contribution in [1.82, 2.24) is 9.21 Å². The van der Waals surface area contributed by atoms with E-state index in [1.807, 2.05) is 4.90 Å². The fourth-order valence-electron chi connectivity index (χ4n) is 3.97. The van der Waals surface area contributed by atoms with E-state index in [4.69, 9.17) is 0 Å². The number of sulfonamides is 1. The lowest BCUT2D eigenvalue weighted by molar-refractivity contribution is -0.138. The van der Waals surface area contributed by atoms with Crippen molar-refractivity contribution in [2.45, 2.75) is 43.9 Å². The average molecular weight is 383 g/mol. The number of halogens is 1. The van der Waals surface area contributed by atoms with Crippen molar-refractivity contribution < 1.29 is 17.6 Å². The van der Waals surface area contributed by atoms with Crippen LogP contribution in [0, 0.1) is 17.7 Å². The molecule has 0 bridgehead atoms. The molecule has 0 radical (unpaired) electrons. The Hall–Kier alpha value is -1.47. The smallest absolute Gasteiger partial charge is 0.243 e. The van der Waals surface area contributed by atoms with Crippen molar-refractivity contribution in [2.24, 2.45) is 11.8 Å². The predicted molar refractivity (Wildman–Crippen MR) is 97.5 cm³/mol. The first kappa shape index (κ1) is 19.3. The fourth-order valence-corrected chi connectivity index (χ4v) is 5.50. The molecule has 26 heavy (non-hydrogen) atoms. The van der Waals surface area contributed by atoms with Gasteiger partial charge >= 0.3 is 0 Å². The highest BCUT2D eigenvalue weighted by atomic mass is 32.2. The van der Waals surface area contributed by atoms with Gasteiger partial charge in [-0.05, 0) is 55.9 Å². The van der Waals surface area contributed by atoms with Gasteiger partial charge < -0.3 is 4.90 Å². The number of likely N-dealkylation sites (tertiary alicyclic amines) is 1. The second-order valence-corrected chi connectivity index (χ2v) is 9.29. The number of carbonyl (C=O) groups is 1. The maximum absolute atomic E-state index is 13.1. The maximum Gasteiger partial charge on any atom is 0.243 e. The van der Waals surface area contributed by atoms with E-state index in [-0.39, 0.29) is 23.3 Å². The third-order valence-corrected chi connectivity index (χ3v) is 7.47. The number of amides is 1. The number of hydrogen-bond acceptors (Lipinski definition) is 3. The van der Waals surface area contributed by atoms with Crippen LogP contribution in [-0.2, 0) is 14.8 Å². The first-order valence-electron chi connectivity index (χ1n) is 9.46. The molecule has 0 spiro atoms. The first-order chi connectivity index (χ1) is 12.4. The Morgan fingerprint density at radius 1 is 1.12 bits per heavy atom. The molecule has 2 aliphatic heterocycles. The summed E-state index contributed by atoms with van der Waals surface area (Å²) in [6.07, 6.45) is 4.65. The largest absolute Gasteiger partial charge is 0.342 e. The third kappa shape index (κ3) is 4.09. The number of rotatable bonds is 4. The summed E-state index contributed by atoms with van der Waals surface area (Å²) in [4.78, 5) is 14.9. The van der Waals surface area contributed by atoms with Gasteiger partial charge in [-0.25, -0.2) is 12.8 Å². The molecule has 1 amide bonds. The SMILES string of the molecule is CCC1CCCN(C(=O)C2CCCN(S(=O)(=O)c3ccc(F)cc3)C2)C1. The van der Waals surface area contributed by atoms with Gasteiger partial charge in [-0.2, -0.15) is 4.31 Å². The fraction of sp³-hybridized carbons (Fsp3) is 0.632. The summed E-state index contributed by atoms with van der Waals surface area (Å²) >= 11 is 0. The number of piperidine rings is 2. The van der Waals surface area contributed by atoms with E-state index in [0.717, 1.165) is 50.9 Å². The van der Waals surface area contributed by atoms with Gasteiger partial charge in [0.1, 0.15) is 5.82 Å². The van der Waals surface area contributed by atoms with Crippen LogP contribution in [0.3, 0.4) is 0 Å². The Balaban J connectivity index is 1.70. The number of benzene rings is 1. The van der Waals surface area contributed by atoms with Crippen molar-refractivity contribution >= 4 is 15.9 Å². The van der Waals surface area contributed by atoms with E-state index in [9.17, 15) is 17.6 Å². The Morgan fingerprint density at radius 3 is 2.50 bits per heavy atom. The molecule has 2 atom stereocenters. The highest BCUT2D eigenvalue weighted by molar-refractivity contribution is 7.89. The monoisotopic (exact) mass is 382 g/mol. The topological polar surface area (TPSA) is 57.7 Å². The highest BCUT2D eigenvalue weighted by Crippen LogP contribution is 2.27. The van der Waals surface area contributed by atoms with Crippen LogP contribution in [-0.4, -0.2) is 49.7 Å². The predicted octanol–water partition coefficient (Wildman–Crippen LogP) is 2.88. The molecule has 0 saturated carbocycles. The van der Waals surface area contributed by atoms with E-state index < -0.39 is 15.8 Å². The van der Waals surface area contributed by atoms with Gasteiger partial charge in [-0.15, -0.1) is 0 Å². The number of nitrogens with zero attached hydrogens (tertiary/aromatic N) is 2. The van der Waals surface area contributed by atoms with Crippen LogP contribution in [0.5, 0.6) is 0 Å². The lowest BCUT2D eigenvalue weighted by atomic mass is 9.92. The average Bonchev–Trinajstić information content (AvgIpc) is 2.68. The number of hydrogen-bond donors (Lipinski definition) is 0. The van der Waals surface area contributed by atoms with Crippen LogP contribution in [0.15, 0.2) is 29.2 Å². The molecule has 1 aromatic rings. The molecule has 5 nitrogen and oxygen atoms in total. The van der Waals surface area contributed by atoms with Crippen molar-refractivity contribution in [3.63, 3.8) is 0 Å². The summed E-state index contributed by atoms with van der Waals surface area (Å²) in [6.45, 7) is 4.33. The van der Waals surface area contributed by atoms with Gasteiger partial charge in [0.25, 0.3) is 0 Å². The second-order valence-electron chi connectivity index (χ2n) is 7.36. The van der Waals surface area contributed by atoms with E-state index in [0.29, 0.717) is 18.9 Å². The summed E-state index contributed by atoms with van der Waals surface area (Å²) in [5, 5.41) is 0. The molecule has 2 aliphatic rings.